The first-order chi connectivity index (χ1) is 5.92. The summed E-state index contributed by atoms with van der Waals surface area (Å²) < 4.78 is 25.0. The highest BCUT2D eigenvalue weighted by molar-refractivity contribution is 7.84. The number of rotatable bonds is 7. The fraction of sp³-hybridized carbons (Fsp3) is 1.00. The Labute approximate surface area is 80.7 Å². The molecule has 4 nitrogen and oxygen atoms in total. The first kappa shape index (κ1) is 12.9. The van der Waals surface area contributed by atoms with Crippen LogP contribution < -0.4 is 5.14 Å². The Morgan fingerprint density at radius 1 is 1.23 bits per heavy atom. The quantitative estimate of drug-likeness (QED) is 0.645. The topological polar surface area (TPSA) is 69.4 Å². The predicted octanol–water partition coefficient (Wildman–Crippen LogP) is 1.42. The van der Waals surface area contributed by atoms with Gasteiger partial charge >= 0.3 is 10.3 Å². The zero-order chi connectivity index (χ0) is 10.3. The number of nitrogens with two attached hydrogens (primary N) is 1. The van der Waals surface area contributed by atoms with Crippen molar-refractivity contribution < 1.29 is 12.6 Å². The van der Waals surface area contributed by atoms with Gasteiger partial charge in [0.2, 0.25) is 0 Å². The van der Waals surface area contributed by atoms with Crippen molar-refractivity contribution in [3.05, 3.63) is 0 Å². The van der Waals surface area contributed by atoms with Gasteiger partial charge in [-0.1, -0.05) is 33.1 Å². The summed E-state index contributed by atoms with van der Waals surface area (Å²) in [6.45, 7) is 4.54. The Bertz CT molecular complexity index is 211. The molecule has 0 aliphatic rings. The molecule has 0 fully saturated rings. The minimum absolute atomic E-state index is 0.205. The minimum atomic E-state index is -3.73. The van der Waals surface area contributed by atoms with Crippen LogP contribution in [0.5, 0.6) is 0 Å². The van der Waals surface area contributed by atoms with E-state index in [-0.39, 0.29) is 6.61 Å². The lowest BCUT2D eigenvalue weighted by atomic mass is 10.1. The van der Waals surface area contributed by atoms with Gasteiger partial charge in [0.25, 0.3) is 0 Å². The average molecular weight is 209 g/mol. The Morgan fingerprint density at radius 2 is 1.85 bits per heavy atom. The average Bonchev–Trinajstić information content (AvgIpc) is 1.93. The zero-order valence-corrected chi connectivity index (χ0v) is 9.14. The fourth-order valence-corrected chi connectivity index (χ4v) is 1.36. The third-order valence-electron chi connectivity index (χ3n) is 1.67. The minimum Gasteiger partial charge on any atom is -0.258 e. The van der Waals surface area contributed by atoms with Crippen molar-refractivity contribution in [1.29, 1.82) is 0 Å². The molecule has 0 aromatic carbocycles. The monoisotopic (exact) mass is 209 g/mol. The van der Waals surface area contributed by atoms with E-state index in [1.54, 1.807) is 0 Å². The van der Waals surface area contributed by atoms with Gasteiger partial charge in [0.1, 0.15) is 0 Å². The smallest absolute Gasteiger partial charge is 0.258 e. The summed E-state index contributed by atoms with van der Waals surface area (Å²) in [5.41, 5.74) is 0. The maximum Gasteiger partial charge on any atom is 0.333 e. The molecule has 0 bridgehead atoms. The molecule has 0 spiro atoms. The third-order valence-corrected chi connectivity index (χ3v) is 2.17. The Morgan fingerprint density at radius 3 is 2.31 bits per heavy atom. The van der Waals surface area contributed by atoms with Crippen LogP contribution in [0.25, 0.3) is 0 Å². The van der Waals surface area contributed by atoms with Crippen molar-refractivity contribution in [3.63, 3.8) is 0 Å². The van der Waals surface area contributed by atoms with E-state index in [9.17, 15) is 8.42 Å². The van der Waals surface area contributed by atoms with Crippen LogP contribution in [-0.2, 0) is 14.5 Å². The van der Waals surface area contributed by atoms with Gasteiger partial charge in [-0.3, -0.25) is 4.18 Å². The lowest BCUT2D eigenvalue weighted by molar-refractivity contribution is 0.305. The van der Waals surface area contributed by atoms with Gasteiger partial charge in [0, 0.05) is 0 Å². The molecule has 80 valence electrons. The maximum atomic E-state index is 10.3. The lowest BCUT2D eigenvalue weighted by Gasteiger charge is -2.03. The van der Waals surface area contributed by atoms with Crippen molar-refractivity contribution in [3.8, 4) is 0 Å². The lowest BCUT2D eigenvalue weighted by Crippen LogP contribution is -2.16. The Hall–Kier alpha value is -0.130. The van der Waals surface area contributed by atoms with Crippen LogP contribution >= 0.6 is 0 Å². The first-order valence-electron chi connectivity index (χ1n) is 4.59. The van der Waals surface area contributed by atoms with E-state index in [0.717, 1.165) is 19.3 Å². The molecule has 0 radical (unpaired) electrons. The zero-order valence-electron chi connectivity index (χ0n) is 8.32. The van der Waals surface area contributed by atoms with Crippen molar-refractivity contribution in [2.75, 3.05) is 6.61 Å². The molecular weight excluding hydrogens is 190 g/mol. The number of hydrogen-bond acceptors (Lipinski definition) is 3. The van der Waals surface area contributed by atoms with Crippen LogP contribution in [0.15, 0.2) is 0 Å². The standard InChI is InChI=1S/C8H19NO3S/c1-8(2)6-4-3-5-7-12-13(9,10)11/h8H,3-7H2,1-2H3,(H2,9,10,11). The van der Waals surface area contributed by atoms with E-state index in [4.69, 9.17) is 0 Å². The van der Waals surface area contributed by atoms with Crippen LogP contribution in [-0.4, -0.2) is 15.0 Å². The summed E-state index contributed by atoms with van der Waals surface area (Å²) >= 11 is 0. The molecule has 0 heterocycles. The van der Waals surface area contributed by atoms with Gasteiger partial charge in [0.15, 0.2) is 0 Å². The van der Waals surface area contributed by atoms with Crippen LogP contribution in [0.4, 0.5) is 0 Å². The Balaban J connectivity index is 3.18. The molecule has 5 heteroatoms. The van der Waals surface area contributed by atoms with Crippen LogP contribution in [0.1, 0.15) is 39.5 Å². The molecule has 0 unspecified atom stereocenters. The highest BCUT2D eigenvalue weighted by Crippen LogP contribution is 2.07. The molecular formula is C8H19NO3S. The highest BCUT2D eigenvalue weighted by Gasteiger charge is 2.00. The second-order valence-electron chi connectivity index (χ2n) is 3.56. The van der Waals surface area contributed by atoms with E-state index in [2.05, 4.69) is 23.2 Å². The molecule has 0 amide bonds. The van der Waals surface area contributed by atoms with Gasteiger partial charge < -0.3 is 0 Å². The van der Waals surface area contributed by atoms with Crippen LogP contribution in [0, 0.1) is 5.92 Å². The van der Waals surface area contributed by atoms with E-state index in [1.807, 2.05) is 0 Å². The summed E-state index contributed by atoms with van der Waals surface area (Å²) in [4.78, 5) is 0. The molecule has 0 saturated heterocycles. The third kappa shape index (κ3) is 11.9. The summed E-state index contributed by atoms with van der Waals surface area (Å²) in [6.07, 6.45) is 4.04. The van der Waals surface area contributed by atoms with E-state index >= 15 is 0 Å². The van der Waals surface area contributed by atoms with Gasteiger partial charge in [-0.05, 0) is 12.3 Å². The molecule has 0 aromatic rings. The molecule has 0 aromatic heterocycles. The van der Waals surface area contributed by atoms with E-state index < -0.39 is 10.3 Å². The van der Waals surface area contributed by atoms with Crippen molar-refractivity contribution in [2.24, 2.45) is 11.1 Å². The van der Waals surface area contributed by atoms with Gasteiger partial charge in [-0.2, -0.15) is 8.42 Å². The predicted molar refractivity (Wildman–Crippen MR) is 52.4 cm³/mol. The second kappa shape index (κ2) is 6.34. The molecule has 0 atom stereocenters. The highest BCUT2D eigenvalue weighted by atomic mass is 32.2. The second-order valence-corrected chi connectivity index (χ2v) is 4.78. The summed E-state index contributed by atoms with van der Waals surface area (Å²) in [6, 6.07) is 0. The maximum absolute atomic E-state index is 10.3. The fourth-order valence-electron chi connectivity index (χ4n) is 1.01. The number of unbranched alkanes of at least 4 members (excludes halogenated alkanes) is 2. The van der Waals surface area contributed by atoms with Crippen LogP contribution in [0.2, 0.25) is 0 Å². The van der Waals surface area contributed by atoms with E-state index in [1.165, 1.54) is 6.42 Å². The normalized spacial score (nSPS) is 12.3. The van der Waals surface area contributed by atoms with Crippen molar-refractivity contribution in [1.82, 2.24) is 0 Å². The molecule has 0 aliphatic heterocycles. The summed E-state index contributed by atoms with van der Waals surface area (Å²) in [5.74, 6) is 0.708. The van der Waals surface area contributed by atoms with Gasteiger partial charge in [0.05, 0.1) is 6.61 Å². The van der Waals surface area contributed by atoms with E-state index in [0.29, 0.717) is 5.92 Å². The molecule has 0 rings (SSSR count). The molecule has 2 N–H and O–H groups in total. The molecule has 0 aliphatic carbocycles. The van der Waals surface area contributed by atoms with Crippen molar-refractivity contribution >= 4 is 10.3 Å². The largest absolute Gasteiger partial charge is 0.333 e. The van der Waals surface area contributed by atoms with Crippen LogP contribution in [0.3, 0.4) is 0 Å². The Kier molecular flexibility index (Phi) is 6.28. The summed E-state index contributed by atoms with van der Waals surface area (Å²) in [7, 11) is -3.73. The molecule has 13 heavy (non-hydrogen) atoms. The number of hydrogen-bond donors (Lipinski definition) is 1. The SMILES string of the molecule is CC(C)CCCCCOS(N)(=O)=O. The first-order valence-corrected chi connectivity index (χ1v) is 6.06. The van der Waals surface area contributed by atoms with Gasteiger partial charge in [-0.15, -0.1) is 0 Å². The molecule has 0 saturated carbocycles. The van der Waals surface area contributed by atoms with Crippen molar-refractivity contribution in [2.45, 2.75) is 39.5 Å². The summed E-state index contributed by atoms with van der Waals surface area (Å²) in [5, 5.41) is 4.65. The van der Waals surface area contributed by atoms with Gasteiger partial charge in [-0.25, -0.2) is 5.14 Å².